The molecule has 0 bridgehead atoms. The van der Waals surface area contributed by atoms with Gasteiger partial charge in [0.1, 0.15) is 0 Å². The van der Waals surface area contributed by atoms with Crippen LogP contribution in [-0.4, -0.2) is 4.98 Å². The Balaban J connectivity index is 2.95. The van der Waals surface area contributed by atoms with E-state index in [1.807, 2.05) is 19.1 Å². The number of anilines is 1. The van der Waals surface area contributed by atoms with Crippen molar-refractivity contribution in [1.82, 2.24) is 4.98 Å². The van der Waals surface area contributed by atoms with Gasteiger partial charge in [0.15, 0.2) is 0 Å². The van der Waals surface area contributed by atoms with Crippen molar-refractivity contribution in [2.45, 2.75) is 20.8 Å². The summed E-state index contributed by atoms with van der Waals surface area (Å²) < 4.78 is 0. The number of rotatable bonds is 0. The van der Waals surface area contributed by atoms with Gasteiger partial charge in [-0.15, -0.1) is 0 Å². The van der Waals surface area contributed by atoms with E-state index in [-0.39, 0.29) is 0 Å². The van der Waals surface area contributed by atoms with Crippen LogP contribution >= 0.6 is 0 Å². The van der Waals surface area contributed by atoms with Gasteiger partial charge in [-0.25, -0.2) is 0 Å². The summed E-state index contributed by atoms with van der Waals surface area (Å²) in [6.45, 7) is 6.15. The molecule has 1 aromatic carbocycles. The summed E-state index contributed by atoms with van der Waals surface area (Å²) in [4.78, 5) is 4.52. The number of pyridine rings is 1. The lowest BCUT2D eigenvalue weighted by atomic mass is 10.0. The molecule has 2 N–H and O–H groups in total. The van der Waals surface area contributed by atoms with Gasteiger partial charge < -0.3 is 5.73 Å². The lowest BCUT2D eigenvalue weighted by molar-refractivity contribution is 1.23. The average molecular weight is 186 g/mol. The molecule has 0 aliphatic heterocycles. The second-order valence-corrected chi connectivity index (χ2v) is 3.76. The molecule has 1 aromatic heterocycles. The van der Waals surface area contributed by atoms with E-state index < -0.39 is 0 Å². The second-order valence-electron chi connectivity index (χ2n) is 3.76. The van der Waals surface area contributed by atoms with E-state index in [0.29, 0.717) is 0 Å². The Hall–Kier alpha value is -1.57. The standard InChI is InChI=1S/C12H14N2/c1-7-4-5-10-11(13)6-8(2)14-12(10)9(7)3/h4-6H,1-3H3,(H2,13,14). The zero-order chi connectivity index (χ0) is 10.3. The van der Waals surface area contributed by atoms with E-state index in [0.717, 1.165) is 22.3 Å². The normalized spacial score (nSPS) is 10.8. The van der Waals surface area contributed by atoms with Gasteiger partial charge in [-0.3, -0.25) is 4.98 Å². The molecule has 1 heterocycles. The van der Waals surface area contributed by atoms with Gasteiger partial charge >= 0.3 is 0 Å². The summed E-state index contributed by atoms with van der Waals surface area (Å²) in [6.07, 6.45) is 0. The minimum absolute atomic E-state index is 0.815. The van der Waals surface area contributed by atoms with E-state index in [9.17, 15) is 0 Å². The highest BCUT2D eigenvalue weighted by atomic mass is 14.7. The van der Waals surface area contributed by atoms with Crippen molar-refractivity contribution in [1.29, 1.82) is 0 Å². The predicted octanol–water partition coefficient (Wildman–Crippen LogP) is 2.74. The summed E-state index contributed by atoms with van der Waals surface area (Å²) in [5.74, 6) is 0. The Labute approximate surface area is 83.8 Å². The van der Waals surface area contributed by atoms with Crippen LogP contribution in [0.3, 0.4) is 0 Å². The molecule has 72 valence electrons. The van der Waals surface area contributed by atoms with Crippen LogP contribution in [0.5, 0.6) is 0 Å². The Morgan fingerprint density at radius 3 is 2.57 bits per heavy atom. The van der Waals surface area contributed by atoms with Crippen LogP contribution in [0.2, 0.25) is 0 Å². The van der Waals surface area contributed by atoms with Gasteiger partial charge in [-0.1, -0.05) is 12.1 Å². The van der Waals surface area contributed by atoms with Crippen molar-refractivity contribution in [3.63, 3.8) is 0 Å². The van der Waals surface area contributed by atoms with Crippen molar-refractivity contribution >= 4 is 16.6 Å². The highest BCUT2D eigenvalue weighted by Crippen LogP contribution is 2.24. The number of fused-ring (bicyclic) bond motifs is 1. The number of nitrogens with two attached hydrogens (primary N) is 1. The number of nitrogen functional groups attached to an aromatic ring is 1. The highest BCUT2D eigenvalue weighted by Gasteiger charge is 2.05. The average Bonchev–Trinajstić information content (AvgIpc) is 2.12. The second kappa shape index (κ2) is 2.98. The molecule has 14 heavy (non-hydrogen) atoms. The largest absolute Gasteiger partial charge is 0.398 e. The number of hydrogen-bond donors (Lipinski definition) is 1. The maximum Gasteiger partial charge on any atom is 0.0757 e. The highest BCUT2D eigenvalue weighted by molar-refractivity contribution is 5.92. The zero-order valence-corrected chi connectivity index (χ0v) is 8.76. The smallest absolute Gasteiger partial charge is 0.0757 e. The summed E-state index contributed by atoms with van der Waals surface area (Å²) in [5.41, 5.74) is 11.2. The van der Waals surface area contributed by atoms with E-state index in [1.54, 1.807) is 0 Å². The fourth-order valence-electron chi connectivity index (χ4n) is 1.69. The third-order valence-corrected chi connectivity index (χ3v) is 2.67. The first-order valence-electron chi connectivity index (χ1n) is 4.72. The Morgan fingerprint density at radius 1 is 1.14 bits per heavy atom. The zero-order valence-electron chi connectivity index (χ0n) is 8.76. The molecule has 0 aliphatic carbocycles. The maximum atomic E-state index is 5.94. The molecule has 2 heteroatoms. The minimum atomic E-state index is 0.815. The van der Waals surface area contributed by atoms with Crippen molar-refractivity contribution in [2.24, 2.45) is 0 Å². The van der Waals surface area contributed by atoms with Crippen molar-refractivity contribution in [3.05, 3.63) is 35.0 Å². The SMILES string of the molecule is Cc1cc(N)c2ccc(C)c(C)c2n1. The van der Waals surface area contributed by atoms with Crippen LogP contribution in [0.25, 0.3) is 10.9 Å². The molecule has 0 saturated heterocycles. The first-order chi connectivity index (χ1) is 6.59. The molecule has 2 nitrogen and oxygen atoms in total. The molecule has 0 unspecified atom stereocenters. The van der Waals surface area contributed by atoms with E-state index in [2.05, 4.69) is 24.9 Å². The van der Waals surface area contributed by atoms with Crippen molar-refractivity contribution in [2.75, 3.05) is 5.73 Å². The molecular weight excluding hydrogens is 172 g/mol. The summed E-state index contributed by atoms with van der Waals surface area (Å²) in [7, 11) is 0. The van der Waals surface area contributed by atoms with Crippen molar-refractivity contribution in [3.8, 4) is 0 Å². The molecule has 0 saturated carbocycles. The minimum Gasteiger partial charge on any atom is -0.398 e. The van der Waals surface area contributed by atoms with Crippen LogP contribution in [0, 0.1) is 20.8 Å². The molecule has 0 amide bonds. The first kappa shape index (κ1) is 9.00. The number of nitrogens with zero attached hydrogens (tertiary/aromatic N) is 1. The monoisotopic (exact) mass is 186 g/mol. The Bertz CT molecular complexity index is 501. The fourth-order valence-corrected chi connectivity index (χ4v) is 1.69. The molecule has 0 aliphatic rings. The third-order valence-electron chi connectivity index (χ3n) is 2.67. The molecule has 2 aromatic rings. The molecule has 0 spiro atoms. The van der Waals surface area contributed by atoms with Gasteiger partial charge in [0.05, 0.1) is 5.52 Å². The fraction of sp³-hybridized carbons (Fsp3) is 0.250. The van der Waals surface area contributed by atoms with E-state index >= 15 is 0 Å². The maximum absolute atomic E-state index is 5.94. The number of benzene rings is 1. The summed E-state index contributed by atoms with van der Waals surface area (Å²) in [6, 6.07) is 6.04. The van der Waals surface area contributed by atoms with Crippen LogP contribution < -0.4 is 5.73 Å². The number of aryl methyl sites for hydroxylation is 3. The number of aromatic nitrogens is 1. The molecular formula is C12H14N2. The van der Waals surface area contributed by atoms with Crippen LogP contribution in [0.1, 0.15) is 16.8 Å². The Kier molecular flexibility index (Phi) is 1.92. The summed E-state index contributed by atoms with van der Waals surface area (Å²) in [5, 5.41) is 1.05. The van der Waals surface area contributed by atoms with Gasteiger partial charge in [-0.2, -0.15) is 0 Å². The molecule has 0 radical (unpaired) electrons. The van der Waals surface area contributed by atoms with Crippen LogP contribution in [0.15, 0.2) is 18.2 Å². The van der Waals surface area contributed by atoms with Gasteiger partial charge in [0.25, 0.3) is 0 Å². The number of hydrogen-bond acceptors (Lipinski definition) is 2. The predicted molar refractivity (Wildman–Crippen MR) is 60.4 cm³/mol. The van der Waals surface area contributed by atoms with Gasteiger partial charge in [0, 0.05) is 16.8 Å². The topological polar surface area (TPSA) is 38.9 Å². The first-order valence-corrected chi connectivity index (χ1v) is 4.72. The van der Waals surface area contributed by atoms with E-state index in [1.165, 1.54) is 11.1 Å². The van der Waals surface area contributed by atoms with Gasteiger partial charge in [0.2, 0.25) is 0 Å². The lowest BCUT2D eigenvalue weighted by Crippen LogP contribution is -1.95. The molecule has 0 atom stereocenters. The van der Waals surface area contributed by atoms with Crippen LogP contribution in [-0.2, 0) is 0 Å². The third kappa shape index (κ3) is 1.23. The lowest BCUT2D eigenvalue weighted by Gasteiger charge is -2.08. The summed E-state index contributed by atoms with van der Waals surface area (Å²) >= 11 is 0. The molecule has 2 rings (SSSR count). The van der Waals surface area contributed by atoms with Gasteiger partial charge in [-0.05, 0) is 38.0 Å². The Morgan fingerprint density at radius 2 is 1.86 bits per heavy atom. The van der Waals surface area contributed by atoms with Crippen molar-refractivity contribution < 1.29 is 0 Å². The molecule has 0 fully saturated rings. The van der Waals surface area contributed by atoms with Crippen LogP contribution in [0.4, 0.5) is 5.69 Å². The quantitative estimate of drug-likeness (QED) is 0.687. The van der Waals surface area contributed by atoms with E-state index in [4.69, 9.17) is 5.73 Å².